The summed E-state index contributed by atoms with van der Waals surface area (Å²) in [5.74, 6) is -1.00. The van der Waals surface area contributed by atoms with Crippen molar-refractivity contribution in [3.8, 4) is 0 Å². The van der Waals surface area contributed by atoms with Crippen molar-refractivity contribution in [2.45, 2.75) is 26.2 Å². The predicted molar refractivity (Wildman–Crippen MR) is 56.4 cm³/mol. The van der Waals surface area contributed by atoms with E-state index in [9.17, 15) is 4.79 Å². The molecule has 0 saturated carbocycles. The molecule has 2 rings (SSSR count). The van der Waals surface area contributed by atoms with E-state index in [4.69, 9.17) is 5.11 Å². The molecule has 0 aliphatic carbocycles. The van der Waals surface area contributed by atoms with Crippen molar-refractivity contribution in [1.29, 1.82) is 0 Å². The Bertz CT molecular complexity index is 553. The van der Waals surface area contributed by atoms with E-state index in [2.05, 4.69) is 15.3 Å². The standard InChI is InChI=1S/C10H12N4O2/c1-10(2,3)8-6(9(15)16)4-11-7-5-12-13-14(7)8/h4-5H,1-3H3,(H,15,16). The Labute approximate surface area is 91.9 Å². The van der Waals surface area contributed by atoms with Crippen LogP contribution in [0.25, 0.3) is 5.65 Å². The van der Waals surface area contributed by atoms with Crippen LogP contribution >= 0.6 is 0 Å². The highest BCUT2D eigenvalue weighted by molar-refractivity contribution is 5.89. The summed E-state index contributed by atoms with van der Waals surface area (Å²) in [5.41, 5.74) is 0.964. The summed E-state index contributed by atoms with van der Waals surface area (Å²) in [6, 6.07) is 0. The molecule has 2 aromatic rings. The number of rotatable bonds is 1. The number of fused-ring (bicyclic) bond motifs is 1. The van der Waals surface area contributed by atoms with Crippen molar-refractivity contribution in [2.75, 3.05) is 0 Å². The Morgan fingerprint density at radius 2 is 2.06 bits per heavy atom. The third-order valence-electron chi connectivity index (χ3n) is 2.26. The Morgan fingerprint density at radius 1 is 1.38 bits per heavy atom. The van der Waals surface area contributed by atoms with E-state index in [1.165, 1.54) is 16.9 Å². The summed E-state index contributed by atoms with van der Waals surface area (Å²) >= 11 is 0. The molecule has 0 saturated heterocycles. The van der Waals surface area contributed by atoms with Crippen LogP contribution in [0, 0.1) is 0 Å². The predicted octanol–water partition coefficient (Wildman–Crippen LogP) is 1.12. The lowest BCUT2D eigenvalue weighted by Crippen LogP contribution is -2.22. The molecule has 0 unspecified atom stereocenters. The van der Waals surface area contributed by atoms with Gasteiger partial charge in [-0.3, -0.25) is 0 Å². The number of aromatic carboxylic acids is 1. The molecular formula is C10H12N4O2. The van der Waals surface area contributed by atoms with Gasteiger partial charge < -0.3 is 5.11 Å². The summed E-state index contributed by atoms with van der Waals surface area (Å²) in [6.07, 6.45) is 2.85. The molecule has 0 spiro atoms. The van der Waals surface area contributed by atoms with Crippen LogP contribution in [0.4, 0.5) is 0 Å². The second-order valence-corrected chi connectivity index (χ2v) is 4.58. The van der Waals surface area contributed by atoms with Crippen LogP contribution in [-0.2, 0) is 5.41 Å². The number of hydrogen-bond acceptors (Lipinski definition) is 4. The minimum Gasteiger partial charge on any atom is -0.478 e. The highest BCUT2D eigenvalue weighted by Crippen LogP contribution is 2.25. The lowest BCUT2D eigenvalue weighted by molar-refractivity contribution is 0.0692. The van der Waals surface area contributed by atoms with E-state index in [1.807, 2.05) is 20.8 Å². The van der Waals surface area contributed by atoms with Crippen LogP contribution in [0.5, 0.6) is 0 Å². The fourth-order valence-electron chi connectivity index (χ4n) is 1.66. The first-order chi connectivity index (χ1) is 7.41. The smallest absolute Gasteiger partial charge is 0.339 e. The van der Waals surface area contributed by atoms with Crippen molar-refractivity contribution in [3.63, 3.8) is 0 Å². The van der Waals surface area contributed by atoms with Gasteiger partial charge in [-0.2, -0.15) is 4.52 Å². The van der Waals surface area contributed by atoms with Crippen molar-refractivity contribution in [3.05, 3.63) is 23.7 Å². The Morgan fingerprint density at radius 3 is 2.62 bits per heavy atom. The molecule has 0 aliphatic rings. The van der Waals surface area contributed by atoms with E-state index >= 15 is 0 Å². The third-order valence-corrected chi connectivity index (χ3v) is 2.26. The van der Waals surface area contributed by atoms with Crippen LogP contribution in [0.3, 0.4) is 0 Å². The summed E-state index contributed by atoms with van der Waals surface area (Å²) in [6.45, 7) is 5.78. The first kappa shape index (κ1) is 10.5. The van der Waals surface area contributed by atoms with Crippen LogP contribution in [0.1, 0.15) is 36.8 Å². The summed E-state index contributed by atoms with van der Waals surface area (Å²) in [4.78, 5) is 15.1. The van der Waals surface area contributed by atoms with Gasteiger partial charge in [0.05, 0.1) is 17.5 Å². The molecule has 1 N–H and O–H groups in total. The molecule has 0 aliphatic heterocycles. The number of carboxylic acids is 1. The first-order valence-electron chi connectivity index (χ1n) is 4.84. The number of carbonyl (C=O) groups is 1. The van der Waals surface area contributed by atoms with Gasteiger partial charge in [-0.05, 0) is 0 Å². The van der Waals surface area contributed by atoms with E-state index in [-0.39, 0.29) is 11.0 Å². The Kier molecular flexibility index (Phi) is 2.15. The fourth-order valence-corrected chi connectivity index (χ4v) is 1.66. The number of nitrogens with zero attached hydrogens (tertiary/aromatic N) is 4. The molecule has 0 amide bonds. The van der Waals surface area contributed by atoms with Gasteiger partial charge in [-0.25, -0.2) is 9.78 Å². The maximum Gasteiger partial charge on any atom is 0.339 e. The van der Waals surface area contributed by atoms with Gasteiger partial charge in [0, 0.05) is 11.6 Å². The fraction of sp³-hybridized carbons (Fsp3) is 0.400. The maximum atomic E-state index is 11.1. The minimum absolute atomic E-state index is 0.158. The van der Waals surface area contributed by atoms with Crippen molar-refractivity contribution < 1.29 is 9.90 Å². The van der Waals surface area contributed by atoms with Gasteiger partial charge in [-0.1, -0.05) is 26.0 Å². The molecule has 0 bridgehead atoms. The van der Waals surface area contributed by atoms with Crippen LogP contribution < -0.4 is 0 Å². The van der Waals surface area contributed by atoms with E-state index < -0.39 is 5.97 Å². The van der Waals surface area contributed by atoms with Crippen LogP contribution in [0.15, 0.2) is 12.4 Å². The quantitative estimate of drug-likeness (QED) is 0.778. The second kappa shape index (κ2) is 3.26. The van der Waals surface area contributed by atoms with Gasteiger partial charge in [0.15, 0.2) is 5.65 Å². The van der Waals surface area contributed by atoms with Gasteiger partial charge in [0.2, 0.25) is 0 Å². The van der Waals surface area contributed by atoms with Crippen LogP contribution in [-0.4, -0.2) is 30.9 Å². The molecule has 0 radical (unpaired) electrons. The van der Waals surface area contributed by atoms with Gasteiger partial charge in [0.25, 0.3) is 0 Å². The highest BCUT2D eigenvalue weighted by atomic mass is 16.4. The molecule has 2 heterocycles. The molecule has 84 valence electrons. The lowest BCUT2D eigenvalue weighted by atomic mass is 9.89. The molecule has 0 atom stereocenters. The summed E-state index contributed by atoms with van der Waals surface area (Å²) in [7, 11) is 0. The zero-order valence-electron chi connectivity index (χ0n) is 9.30. The largest absolute Gasteiger partial charge is 0.478 e. The first-order valence-corrected chi connectivity index (χ1v) is 4.84. The lowest BCUT2D eigenvalue weighted by Gasteiger charge is -2.21. The van der Waals surface area contributed by atoms with Crippen molar-refractivity contribution in [2.24, 2.45) is 0 Å². The minimum atomic E-state index is -1.00. The van der Waals surface area contributed by atoms with E-state index in [0.29, 0.717) is 11.3 Å². The Hall–Kier alpha value is -1.98. The Balaban J connectivity index is 2.86. The van der Waals surface area contributed by atoms with Crippen molar-refractivity contribution in [1.82, 2.24) is 19.8 Å². The van der Waals surface area contributed by atoms with Gasteiger partial charge in [-0.15, -0.1) is 5.10 Å². The maximum absolute atomic E-state index is 11.1. The van der Waals surface area contributed by atoms with E-state index in [1.54, 1.807) is 0 Å². The number of hydrogen-bond donors (Lipinski definition) is 1. The SMILES string of the molecule is CC(C)(C)c1c(C(=O)O)cnc2cnnn12. The molecular weight excluding hydrogens is 208 g/mol. The van der Waals surface area contributed by atoms with Gasteiger partial charge in [0.1, 0.15) is 0 Å². The normalized spacial score (nSPS) is 11.9. The third kappa shape index (κ3) is 1.52. The molecule has 2 aromatic heterocycles. The number of aromatic nitrogens is 4. The summed E-state index contributed by atoms with van der Waals surface area (Å²) < 4.78 is 1.48. The zero-order valence-corrected chi connectivity index (χ0v) is 9.30. The monoisotopic (exact) mass is 220 g/mol. The molecule has 16 heavy (non-hydrogen) atoms. The topological polar surface area (TPSA) is 80.4 Å². The molecule has 0 fully saturated rings. The second-order valence-electron chi connectivity index (χ2n) is 4.58. The molecule has 6 nitrogen and oxygen atoms in total. The average molecular weight is 220 g/mol. The zero-order chi connectivity index (χ0) is 11.9. The average Bonchev–Trinajstić information content (AvgIpc) is 2.61. The number of carboxylic acid groups (broad SMARTS) is 1. The summed E-state index contributed by atoms with van der Waals surface area (Å²) in [5, 5.41) is 16.7. The molecule has 6 heteroatoms. The highest BCUT2D eigenvalue weighted by Gasteiger charge is 2.26. The van der Waals surface area contributed by atoms with E-state index in [0.717, 1.165) is 0 Å². The molecule has 0 aromatic carbocycles. The van der Waals surface area contributed by atoms with Crippen LogP contribution in [0.2, 0.25) is 0 Å². The van der Waals surface area contributed by atoms with Gasteiger partial charge >= 0.3 is 5.97 Å². The van der Waals surface area contributed by atoms with Crippen molar-refractivity contribution >= 4 is 11.6 Å².